The van der Waals surface area contributed by atoms with Crippen LogP contribution >= 0.6 is 0 Å². The molecule has 2 bridgehead atoms. The molecule has 0 unspecified atom stereocenters. The Kier molecular flexibility index (Phi) is 14.2. The molecule has 13 nitrogen and oxygen atoms in total. The minimum Gasteiger partial charge on any atom is -0.489 e. The van der Waals surface area contributed by atoms with Gasteiger partial charge in [0, 0.05) is 44.6 Å². The number of hydrogen-bond acceptors (Lipinski definition) is 12. The lowest BCUT2D eigenvalue weighted by Crippen LogP contribution is -2.64. The normalized spacial score (nSPS) is 46.9. The lowest BCUT2D eigenvalue weighted by Gasteiger charge is -2.50. The molecule has 4 rings (SSSR count). The fourth-order valence-corrected chi connectivity index (χ4v) is 9.50. The number of carbonyl (C=O) groups is 1. The lowest BCUT2D eigenvalue weighted by molar-refractivity contribution is -0.921. The zero-order chi connectivity index (χ0) is 40.7. The molecule has 0 aromatic heterocycles. The van der Waals surface area contributed by atoms with E-state index in [1.807, 2.05) is 33.8 Å². The van der Waals surface area contributed by atoms with Crippen LogP contribution in [0.1, 0.15) is 101 Å². The second kappa shape index (κ2) is 17.1. The molecule has 13 heteroatoms. The zero-order valence-electron chi connectivity index (χ0n) is 35.1. The van der Waals surface area contributed by atoms with Crippen LogP contribution in [0.15, 0.2) is 24.0 Å². The highest BCUT2D eigenvalue weighted by molar-refractivity contribution is 5.73. The Morgan fingerprint density at radius 1 is 1.00 bits per heavy atom. The summed E-state index contributed by atoms with van der Waals surface area (Å²) < 4.78 is 45.7. The summed E-state index contributed by atoms with van der Waals surface area (Å²) in [5.41, 5.74) is -3.04. The Morgan fingerprint density at radius 3 is 2.24 bits per heavy atom. The number of cyclic esters (lactones) is 1. The van der Waals surface area contributed by atoms with Crippen molar-refractivity contribution in [3.63, 3.8) is 0 Å². The maximum Gasteiger partial charge on any atom is 0.311 e. The highest BCUT2D eigenvalue weighted by atomic mass is 16.7. The van der Waals surface area contributed by atoms with E-state index < -0.39 is 95.8 Å². The van der Waals surface area contributed by atoms with Gasteiger partial charge in [0.25, 0.3) is 0 Å². The predicted molar refractivity (Wildman–Crippen MR) is 202 cm³/mol. The number of esters is 1. The minimum atomic E-state index is -1.83. The molecule has 0 aliphatic carbocycles. The number of aliphatic hydroxyl groups excluding tert-OH is 3. The SMILES string of the molecule is C=CCC[N+](C)(C)[C@H]1C[C@@H](C)O[C@@H](O[C@@H]2[C@@H](C)[C@H](O[C@H]3C[C@@](C)(OC)[C@@H](O)[C@H](C)O3)[C@@H](C)C(=O)O[C@H](CC)[C@@](C)(O)[C@H](O)[C@@H](C)C3=C(C)C[C@@]2(C)O3)[C@@H]1O. The monoisotopic (exact) mass is 771 g/mol. The topological polar surface area (TPSA) is 163 Å². The maximum absolute atomic E-state index is 14.2. The Bertz CT molecular complexity index is 1340. The molecule has 0 aromatic carbocycles. The van der Waals surface area contributed by atoms with Crippen LogP contribution in [0.4, 0.5) is 0 Å². The Morgan fingerprint density at radius 2 is 1.65 bits per heavy atom. The molecule has 0 saturated carbocycles. The highest BCUT2D eigenvalue weighted by Gasteiger charge is 2.57. The number of likely N-dealkylation sites (N-methyl/N-ethyl adjacent to an activating group) is 1. The van der Waals surface area contributed by atoms with Crippen LogP contribution in [-0.2, 0) is 38.0 Å². The number of quaternary nitrogens is 1. The van der Waals surface area contributed by atoms with Gasteiger partial charge in [-0.25, -0.2) is 0 Å². The third kappa shape index (κ3) is 8.90. The van der Waals surface area contributed by atoms with E-state index in [0.29, 0.717) is 23.1 Å². The van der Waals surface area contributed by atoms with E-state index in [0.717, 1.165) is 18.5 Å². The molecule has 312 valence electrons. The highest BCUT2D eigenvalue weighted by Crippen LogP contribution is 2.47. The molecule has 3 saturated heterocycles. The van der Waals surface area contributed by atoms with Crippen molar-refractivity contribution >= 4 is 5.97 Å². The molecule has 0 spiro atoms. The standard InChI is InChI=1S/C41H72NO12/c1-15-17-18-42(12,13)28-19-23(4)49-38(31(28)43)53-36-25(6)33(52-30-21-39(9,48-14)35(45)27(8)50-30)26(7)37(46)51-29(16-2)41(11,47)34(44)24(5)32-22(3)20-40(36,10)54-32/h15,23-31,33-36,38,43-45,47H,1,16-21H2,2-14H3/q+1/t23-,24+,25+,26-,27+,28+,29-,30+,31-,33+,34-,35+,36-,38+,39-,40-,41-/m1/s1. The van der Waals surface area contributed by atoms with E-state index in [2.05, 4.69) is 20.7 Å². The molecular weight excluding hydrogens is 698 g/mol. The molecule has 4 aliphatic heterocycles. The van der Waals surface area contributed by atoms with Gasteiger partial charge in [-0.05, 0) is 60.5 Å². The van der Waals surface area contributed by atoms with Crippen molar-refractivity contribution in [2.45, 2.75) is 186 Å². The van der Waals surface area contributed by atoms with E-state index in [1.54, 1.807) is 34.6 Å². The van der Waals surface area contributed by atoms with Crippen LogP contribution in [0.3, 0.4) is 0 Å². The first kappa shape index (κ1) is 45.1. The molecular formula is C41H72NO12+. The van der Waals surface area contributed by atoms with Crippen molar-refractivity contribution in [3.8, 4) is 0 Å². The Labute approximate surface area is 323 Å². The van der Waals surface area contributed by atoms with E-state index in [-0.39, 0.29) is 25.0 Å². The van der Waals surface area contributed by atoms with E-state index >= 15 is 0 Å². The number of hydrogen-bond donors (Lipinski definition) is 4. The van der Waals surface area contributed by atoms with Crippen LogP contribution in [0.2, 0.25) is 0 Å². The number of methoxy groups -OCH3 is 1. The number of fused-ring (bicyclic) bond motifs is 2. The fraction of sp³-hybridized carbons (Fsp3) is 0.878. The molecule has 0 radical (unpaired) electrons. The molecule has 4 N–H and O–H groups in total. The zero-order valence-corrected chi connectivity index (χ0v) is 35.1. The van der Waals surface area contributed by atoms with E-state index in [9.17, 15) is 25.2 Å². The van der Waals surface area contributed by atoms with Crippen molar-refractivity contribution in [1.82, 2.24) is 0 Å². The summed E-state index contributed by atoms with van der Waals surface area (Å²) in [6, 6.07) is -0.212. The van der Waals surface area contributed by atoms with Gasteiger partial charge in [0.15, 0.2) is 18.7 Å². The van der Waals surface area contributed by atoms with Gasteiger partial charge in [0.05, 0.1) is 56.6 Å². The third-order valence-corrected chi connectivity index (χ3v) is 13.1. The van der Waals surface area contributed by atoms with Gasteiger partial charge in [-0.3, -0.25) is 4.79 Å². The van der Waals surface area contributed by atoms with Crippen molar-refractivity contribution in [2.75, 3.05) is 27.7 Å². The minimum absolute atomic E-state index is 0.168. The smallest absolute Gasteiger partial charge is 0.311 e. The summed E-state index contributed by atoms with van der Waals surface area (Å²) in [7, 11) is 5.71. The van der Waals surface area contributed by atoms with Crippen molar-refractivity contribution < 1.29 is 62.9 Å². The summed E-state index contributed by atoms with van der Waals surface area (Å²) in [4.78, 5) is 14.2. The number of rotatable bonds is 10. The molecule has 3 fully saturated rings. The summed E-state index contributed by atoms with van der Waals surface area (Å²) in [6.45, 7) is 22.7. The largest absolute Gasteiger partial charge is 0.489 e. The first-order valence-corrected chi connectivity index (χ1v) is 19.9. The van der Waals surface area contributed by atoms with Crippen LogP contribution in [-0.4, -0.2) is 143 Å². The van der Waals surface area contributed by atoms with E-state index in [1.165, 1.54) is 14.0 Å². The quantitative estimate of drug-likeness (QED) is 0.144. The Hall–Kier alpha value is -1.65. The van der Waals surface area contributed by atoms with E-state index in [4.69, 9.17) is 33.2 Å². The average Bonchev–Trinajstić information content (AvgIpc) is 3.43. The lowest BCUT2D eigenvalue weighted by atomic mass is 9.78. The summed E-state index contributed by atoms with van der Waals surface area (Å²) in [6.07, 6.45) is -4.86. The van der Waals surface area contributed by atoms with Crippen LogP contribution in [0.5, 0.6) is 0 Å². The molecule has 17 atom stereocenters. The van der Waals surface area contributed by atoms with Gasteiger partial charge in [-0.1, -0.05) is 26.8 Å². The van der Waals surface area contributed by atoms with Gasteiger partial charge in [-0.15, -0.1) is 6.58 Å². The summed E-state index contributed by atoms with van der Waals surface area (Å²) in [5, 5.41) is 46.5. The summed E-state index contributed by atoms with van der Waals surface area (Å²) >= 11 is 0. The van der Waals surface area contributed by atoms with Gasteiger partial charge in [0.2, 0.25) is 0 Å². The number of aliphatic hydroxyl groups is 4. The van der Waals surface area contributed by atoms with Gasteiger partial charge in [-0.2, -0.15) is 0 Å². The molecule has 54 heavy (non-hydrogen) atoms. The third-order valence-electron chi connectivity index (χ3n) is 13.1. The molecule has 0 aromatic rings. The second-order valence-corrected chi connectivity index (χ2v) is 18.0. The van der Waals surface area contributed by atoms with Gasteiger partial charge in [0.1, 0.15) is 41.3 Å². The molecule has 4 aliphatic rings. The number of carbonyl (C=O) groups excluding carboxylic acids is 1. The van der Waals surface area contributed by atoms with Gasteiger partial charge >= 0.3 is 5.97 Å². The van der Waals surface area contributed by atoms with Crippen molar-refractivity contribution in [1.29, 1.82) is 0 Å². The van der Waals surface area contributed by atoms with Crippen molar-refractivity contribution in [3.05, 3.63) is 24.0 Å². The average molecular weight is 771 g/mol. The number of ether oxygens (including phenoxy) is 7. The van der Waals surface area contributed by atoms with Crippen LogP contribution < -0.4 is 0 Å². The van der Waals surface area contributed by atoms with Crippen molar-refractivity contribution in [2.24, 2.45) is 17.8 Å². The molecule has 0 amide bonds. The first-order chi connectivity index (χ1) is 25.0. The first-order valence-electron chi connectivity index (χ1n) is 19.9. The van der Waals surface area contributed by atoms with Crippen LogP contribution in [0, 0.1) is 17.8 Å². The number of nitrogens with zero attached hydrogens (tertiary/aromatic N) is 1. The Balaban J connectivity index is 1.84. The second-order valence-electron chi connectivity index (χ2n) is 18.0. The van der Waals surface area contributed by atoms with Gasteiger partial charge < -0.3 is 58.1 Å². The fourth-order valence-electron chi connectivity index (χ4n) is 9.50. The maximum atomic E-state index is 14.2. The predicted octanol–water partition coefficient (Wildman–Crippen LogP) is 3.98. The van der Waals surface area contributed by atoms with Crippen LogP contribution in [0.25, 0.3) is 0 Å². The summed E-state index contributed by atoms with van der Waals surface area (Å²) in [5.74, 6) is -2.35. The molecule has 4 heterocycles.